The van der Waals surface area contributed by atoms with Crippen molar-refractivity contribution in [3.8, 4) is 0 Å². The Morgan fingerprint density at radius 3 is 2.44 bits per heavy atom. The van der Waals surface area contributed by atoms with E-state index in [2.05, 4.69) is 0 Å². The lowest BCUT2D eigenvalue weighted by Crippen LogP contribution is -2.57. The summed E-state index contributed by atoms with van der Waals surface area (Å²) in [7, 11) is 0. The number of hydrogen-bond acceptors (Lipinski definition) is 6. The van der Waals surface area contributed by atoms with Crippen molar-refractivity contribution in [3.05, 3.63) is 39.7 Å². The summed E-state index contributed by atoms with van der Waals surface area (Å²) in [5.74, 6) is -3.46. The van der Waals surface area contributed by atoms with Crippen LogP contribution in [0.2, 0.25) is 0 Å². The smallest absolute Gasteiger partial charge is 0.410 e. The molecule has 4 rings (SSSR count). The summed E-state index contributed by atoms with van der Waals surface area (Å²) in [6.07, 6.45) is 1.86. The first-order chi connectivity index (χ1) is 15.9. The van der Waals surface area contributed by atoms with Gasteiger partial charge in [-0.3, -0.25) is 9.69 Å². The molecule has 2 fully saturated rings. The fourth-order valence-corrected chi connectivity index (χ4v) is 4.29. The van der Waals surface area contributed by atoms with Crippen molar-refractivity contribution < 1.29 is 33.3 Å². The van der Waals surface area contributed by atoms with Crippen molar-refractivity contribution in [3.63, 3.8) is 0 Å². The number of anilines is 1. The molecule has 1 aliphatic heterocycles. The second-order valence-electron chi connectivity index (χ2n) is 9.69. The quantitative estimate of drug-likeness (QED) is 0.694. The number of amides is 1. The van der Waals surface area contributed by atoms with Crippen LogP contribution in [0.4, 0.5) is 19.3 Å². The van der Waals surface area contributed by atoms with E-state index in [1.807, 2.05) is 0 Å². The minimum absolute atomic E-state index is 0.0596. The van der Waals surface area contributed by atoms with Crippen molar-refractivity contribution in [2.75, 3.05) is 31.1 Å². The summed E-state index contributed by atoms with van der Waals surface area (Å²) in [5.41, 5.74) is -2.77. The van der Waals surface area contributed by atoms with Crippen molar-refractivity contribution in [1.29, 1.82) is 0 Å². The Morgan fingerprint density at radius 2 is 1.88 bits per heavy atom. The lowest BCUT2D eigenvalue weighted by molar-refractivity contribution is 0.00697. The van der Waals surface area contributed by atoms with Gasteiger partial charge in [-0.25, -0.2) is 18.4 Å². The lowest BCUT2D eigenvalue weighted by Gasteiger charge is -2.42. The van der Waals surface area contributed by atoms with Crippen LogP contribution in [-0.2, 0) is 4.74 Å². The topological polar surface area (TPSA) is 112 Å². The van der Waals surface area contributed by atoms with Gasteiger partial charge in [0, 0.05) is 31.9 Å². The molecule has 1 saturated carbocycles. The number of hydrogen-bond donors (Lipinski definition) is 2. The molecule has 0 unspecified atom stereocenters. The van der Waals surface area contributed by atoms with E-state index < -0.39 is 52.9 Å². The van der Waals surface area contributed by atoms with Crippen molar-refractivity contribution in [2.24, 2.45) is 0 Å². The molecule has 0 radical (unpaired) electrons. The number of halogens is 2. The number of carboxylic acids is 1. The Morgan fingerprint density at radius 1 is 1.21 bits per heavy atom. The van der Waals surface area contributed by atoms with E-state index in [0.717, 1.165) is 12.3 Å². The number of benzene rings is 1. The highest BCUT2D eigenvalue weighted by Crippen LogP contribution is 2.40. The van der Waals surface area contributed by atoms with Gasteiger partial charge in [0.1, 0.15) is 22.7 Å². The third-order valence-corrected chi connectivity index (χ3v) is 5.99. The maximum atomic E-state index is 15.8. The van der Waals surface area contributed by atoms with E-state index in [4.69, 9.17) is 4.74 Å². The average molecular weight is 479 g/mol. The van der Waals surface area contributed by atoms with Crippen LogP contribution >= 0.6 is 0 Å². The van der Waals surface area contributed by atoms with Gasteiger partial charge in [-0.05, 0) is 39.7 Å². The predicted octanol–water partition coefficient (Wildman–Crippen LogP) is 2.73. The van der Waals surface area contributed by atoms with E-state index in [0.29, 0.717) is 12.8 Å². The van der Waals surface area contributed by atoms with Gasteiger partial charge in [-0.1, -0.05) is 0 Å². The fourth-order valence-electron chi connectivity index (χ4n) is 4.29. The zero-order valence-corrected chi connectivity index (χ0v) is 19.2. The first kappa shape index (κ1) is 23.9. The molecule has 1 amide bonds. The van der Waals surface area contributed by atoms with Crippen LogP contribution in [-0.4, -0.2) is 69.6 Å². The average Bonchev–Trinajstić information content (AvgIpc) is 3.58. The number of nitrogens with zero attached hydrogens (tertiary/aromatic N) is 3. The zero-order valence-electron chi connectivity index (χ0n) is 19.2. The molecule has 0 spiro atoms. The summed E-state index contributed by atoms with van der Waals surface area (Å²) in [6, 6.07) is -0.0726. The van der Waals surface area contributed by atoms with Crippen molar-refractivity contribution in [2.45, 2.75) is 51.3 Å². The molecular weight excluding hydrogens is 452 g/mol. The fraction of sp³-hybridized carbons (Fsp3) is 0.522. The van der Waals surface area contributed by atoms with Gasteiger partial charge in [0.25, 0.3) is 0 Å². The molecule has 1 aliphatic carbocycles. The Kier molecular flexibility index (Phi) is 6.01. The minimum Gasteiger partial charge on any atom is -0.477 e. The number of fused-ring (bicyclic) bond motifs is 1. The number of carbonyl (C=O) groups is 2. The molecule has 1 atom stereocenters. The maximum Gasteiger partial charge on any atom is 0.410 e. The number of ether oxygens (including phenoxy) is 1. The number of carboxylic acid groups (broad SMARTS) is 1. The summed E-state index contributed by atoms with van der Waals surface area (Å²) in [5, 5.41) is 18.9. The van der Waals surface area contributed by atoms with Crippen LogP contribution < -0.4 is 10.3 Å². The highest BCUT2D eigenvalue weighted by Gasteiger charge is 2.36. The molecule has 1 aromatic heterocycles. The molecule has 184 valence electrons. The molecule has 34 heavy (non-hydrogen) atoms. The highest BCUT2D eigenvalue weighted by atomic mass is 19.1. The monoisotopic (exact) mass is 479 g/mol. The normalized spacial score (nSPS) is 18.9. The number of piperazine rings is 1. The number of rotatable bonds is 4. The van der Waals surface area contributed by atoms with Crippen LogP contribution in [0.25, 0.3) is 10.9 Å². The molecule has 9 nitrogen and oxygen atoms in total. The van der Waals surface area contributed by atoms with E-state index in [1.54, 1.807) is 20.8 Å². The van der Waals surface area contributed by atoms with Crippen LogP contribution in [0.1, 0.15) is 50.0 Å². The van der Waals surface area contributed by atoms with E-state index >= 15 is 8.78 Å². The molecule has 2 N–H and O–H groups in total. The van der Waals surface area contributed by atoms with Crippen LogP contribution in [0.5, 0.6) is 0 Å². The molecular formula is C23H27F2N3O6. The molecule has 2 aliphatic rings. The second-order valence-corrected chi connectivity index (χ2v) is 9.69. The molecule has 1 aromatic carbocycles. The standard InChI is InChI=1S/C23H27F2N3O6/c1-23(2,3)34-22(33)27-7-6-26(9-13(27)11-29)19-16(24)8-14-18(17(19)25)28(12-4-5-12)10-15(20(14)30)21(31)32/h8,10,12-13,29H,4-7,9,11H2,1-3H3,(H,31,32)/t13-/m0/s1. The Balaban J connectivity index is 1.75. The van der Waals surface area contributed by atoms with Gasteiger partial charge in [0.2, 0.25) is 5.43 Å². The Labute approximate surface area is 194 Å². The van der Waals surface area contributed by atoms with E-state index in [1.165, 1.54) is 14.4 Å². The van der Waals surface area contributed by atoms with E-state index in [9.17, 15) is 24.6 Å². The van der Waals surface area contributed by atoms with Gasteiger partial charge in [0.15, 0.2) is 5.82 Å². The number of carbonyl (C=O) groups excluding carboxylic acids is 1. The lowest BCUT2D eigenvalue weighted by atomic mass is 10.1. The first-order valence-electron chi connectivity index (χ1n) is 11.1. The Hall–Kier alpha value is -3.21. The molecule has 0 bridgehead atoms. The summed E-state index contributed by atoms with van der Waals surface area (Å²) in [6.45, 7) is 4.76. The van der Waals surface area contributed by atoms with Crippen LogP contribution in [0, 0.1) is 11.6 Å². The summed E-state index contributed by atoms with van der Waals surface area (Å²) >= 11 is 0. The van der Waals surface area contributed by atoms with Crippen molar-refractivity contribution >= 4 is 28.7 Å². The number of aromatic carboxylic acids is 1. The molecule has 2 heterocycles. The number of aromatic nitrogens is 1. The molecule has 2 aromatic rings. The van der Waals surface area contributed by atoms with Crippen molar-refractivity contribution in [1.82, 2.24) is 9.47 Å². The predicted molar refractivity (Wildman–Crippen MR) is 119 cm³/mol. The minimum atomic E-state index is -1.46. The maximum absolute atomic E-state index is 15.8. The second kappa shape index (κ2) is 8.53. The third-order valence-electron chi connectivity index (χ3n) is 5.99. The van der Waals surface area contributed by atoms with Gasteiger partial charge < -0.3 is 24.4 Å². The van der Waals surface area contributed by atoms with Gasteiger partial charge in [-0.2, -0.15) is 0 Å². The summed E-state index contributed by atoms with van der Waals surface area (Å²) in [4.78, 5) is 39.4. The highest BCUT2D eigenvalue weighted by molar-refractivity contribution is 5.94. The van der Waals surface area contributed by atoms with Crippen LogP contribution in [0.3, 0.4) is 0 Å². The number of pyridine rings is 1. The molecule has 1 saturated heterocycles. The van der Waals surface area contributed by atoms with Gasteiger partial charge in [0.05, 0.1) is 23.6 Å². The van der Waals surface area contributed by atoms with E-state index in [-0.39, 0.29) is 42.3 Å². The number of aliphatic hydroxyl groups excluding tert-OH is 1. The largest absolute Gasteiger partial charge is 0.477 e. The van der Waals surface area contributed by atoms with Gasteiger partial charge in [-0.15, -0.1) is 0 Å². The molecule has 11 heteroatoms. The van der Waals surface area contributed by atoms with Gasteiger partial charge >= 0.3 is 12.1 Å². The Bertz CT molecular complexity index is 1220. The summed E-state index contributed by atoms with van der Waals surface area (Å²) < 4.78 is 37.8. The number of aliphatic hydroxyl groups is 1. The SMILES string of the molecule is CC(C)(C)OC(=O)N1CCN(c2c(F)cc3c(=O)c(C(=O)O)cn(C4CC4)c3c2F)C[C@H]1CO. The first-order valence-corrected chi connectivity index (χ1v) is 11.1. The third kappa shape index (κ3) is 4.31. The van der Waals surface area contributed by atoms with Crippen LogP contribution in [0.15, 0.2) is 17.1 Å². The zero-order chi connectivity index (χ0) is 24.9.